The van der Waals surface area contributed by atoms with Crippen molar-refractivity contribution in [3.05, 3.63) is 84.0 Å². The molecule has 0 fully saturated rings. The number of rotatable bonds is 7. The van der Waals surface area contributed by atoms with E-state index in [9.17, 15) is 9.59 Å². The van der Waals surface area contributed by atoms with E-state index in [0.29, 0.717) is 11.1 Å². The molecule has 2 aromatic carbocycles. The number of esters is 2. The molecule has 0 N–H and O–H groups in total. The number of carbonyl (C=O) groups excluding carboxylic acids is 2. The lowest BCUT2D eigenvalue weighted by molar-refractivity contribution is -0.141. The zero-order valence-electron chi connectivity index (χ0n) is 15.1. The van der Waals surface area contributed by atoms with Gasteiger partial charge in [0.2, 0.25) is 0 Å². The quantitative estimate of drug-likeness (QED) is 0.541. The largest absolute Gasteiger partial charge is 0.457 e. The van der Waals surface area contributed by atoms with Gasteiger partial charge >= 0.3 is 11.9 Å². The second-order valence-corrected chi connectivity index (χ2v) is 6.11. The monoisotopic (exact) mass is 350 g/mol. The first-order chi connectivity index (χ1) is 12.4. The highest BCUT2D eigenvalue weighted by molar-refractivity contribution is 5.87. The lowest BCUT2D eigenvalue weighted by Gasteiger charge is -2.09. The Bertz CT molecular complexity index is 777. The van der Waals surface area contributed by atoms with Crippen LogP contribution in [0.4, 0.5) is 0 Å². The Morgan fingerprint density at radius 1 is 0.769 bits per heavy atom. The normalized spacial score (nSPS) is 10.1. The highest BCUT2D eigenvalue weighted by Crippen LogP contribution is 2.22. The molecule has 0 amide bonds. The van der Waals surface area contributed by atoms with E-state index >= 15 is 0 Å². The molecule has 0 atom stereocenters. The van der Waals surface area contributed by atoms with Crippen LogP contribution in [-0.2, 0) is 32.3 Å². The molecule has 26 heavy (non-hydrogen) atoms. The van der Waals surface area contributed by atoms with Crippen molar-refractivity contribution in [1.29, 1.82) is 0 Å². The molecule has 2 aromatic rings. The van der Waals surface area contributed by atoms with Crippen molar-refractivity contribution in [1.82, 2.24) is 0 Å². The molecule has 0 aromatic heterocycles. The average Bonchev–Trinajstić information content (AvgIpc) is 2.64. The molecule has 0 radical (unpaired) electrons. The summed E-state index contributed by atoms with van der Waals surface area (Å²) in [6.07, 6.45) is 0. The molecule has 0 heterocycles. The summed E-state index contributed by atoms with van der Waals surface area (Å²) in [4.78, 5) is 23.0. The minimum atomic E-state index is -0.406. The molecule has 0 saturated carbocycles. The number of ether oxygens (including phenoxy) is 2. The Labute approximate surface area is 153 Å². The SMILES string of the molecule is C=C(C)C(=O)OCc1cccc(-c2cccc(COC(=O)C(=C)C)c2)c1. The Morgan fingerprint density at radius 2 is 1.15 bits per heavy atom. The molecule has 0 aliphatic rings. The summed E-state index contributed by atoms with van der Waals surface area (Å²) in [7, 11) is 0. The summed E-state index contributed by atoms with van der Waals surface area (Å²) in [5.41, 5.74) is 4.49. The predicted octanol–water partition coefficient (Wildman–Crippen LogP) is 4.59. The first kappa shape index (κ1) is 19.2. The van der Waals surface area contributed by atoms with E-state index in [4.69, 9.17) is 9.47 Å². The molecular weight excluding hydrogens is 328 g/mol. The van der Waals surface area contributed by atoms with E-state index < -0.39 is 11.9 Å². The molecule has 134 valence electrons. The molecule has 4 heteroatoms. The molecular formula is C22H22O4. The van der Waals surface area contributed by atoms with Gasteiger partial charge in [0, 0.05) is 11.1 Å². The van der Waals surface area contributed by atoms with E-state index in [1.807, 2.05) is 48.5 Å². The number of benzene rings is 2. The van der Waals surface area contributed by atoms with Crippen LogP contribution in [0.1, 0.15) is 25.0 Å². The molecule has 0 bridgehead atoms. The smallest absolute Gasteiger partial charge is 0.333 e. The van der Waals surface area contributed by atoms with E-state index in [1.165, 1.54) is 0 Å². The Morgan fingerprint density at radius 3 is 1.50 bits per heavy atom. The maximum atomic E-state index is 11.5. The molecule has 0 spiro atoms. The van der Waals surface area contributed by atoms with Crippen LogP contribution in [0, 0.1) is 0 Å². The average molecular weight is 350 g/mol. The number of hydrogen-bond donors (Lipinski definition) is 0. The zero-order chi connectivity index (χ0) is 19.1. The van der Waals surface area contributed by atoms with Crippen LogP contribution in [0.2, 0.25) is 0 Å². The topological polar surface area (TPSA) is 52.6 Å². The lowest BCUT2D eigenvalue weighted by Crippen LogP contribution is -2.05. The summed E-state index contributed by atoms with van der Waals surface area (Å²) in [5.74, 6) is -0.812. The third kappa shape index (κ3) is 5.45. The Kier molecular flexibility index (Phi) is 6.50. The van der Waals surface area contributed by atoms with Gasteiger partial charge in [-0.05, 0) is 48.2 Å². The Hall–Kier alpha value is -3.14. The van der Waals surface area contributed by atoms with Crippen molar-refractivity contribution < 1.29 is 19.1 Å². The van der Waals surface area contributed by atoms with Gasteiger partial charge in [-0.15, -0.1) is 0 Å². The van der Waals surface area contributed by atoms with Gasteiger partial charge in [-0.25, -0.2) is 9.59 Å². The summed E-state index contributed by atoms with van der Waals surface area (Å²) in [5, 5.41) is 0. The van der Waals surface area contributed by atoms with Crippen molar-refractivity contribution in [2.75, 3.05) is 0 Å². The summed E-state index contributed by atoms with van der Waals surface area (Å²) < 4.78 is 10.4. The van der Waals surface area contributed by atoms with Crippen molar-refractivity contribution in [3.63, 3.8) is 0 Å². The van der Waals surface area contributed by atoms with Gasteiger partial charge in [0.05, 0.1) is 0 Å². The lowest BCUT2D eigenvalue weighted by atomic mass is 10.0. The fourth-order valence-electron chi connectivity index (χ4n) is 2.23. The second-order valence-electron chi connectivity index (χ2n) is 6.11. The fraction of sp³-hybridized carbons (Fsp3) is 0.182. The van der Waals surface area contributed by atoms with Crippen LogP contribution in [0.5, 0.6) is 0 Å². The standard InChI is InChI=1S/C22H22O4/c1-15(2)21(23)25-13-17-7-5-9-19(11-17)20-10-6-8-18(12-20)14-26-22(24)16(3)4/h5-12H,1,3,13-14H2,2,4H3. The minimum absolute atomic E-state index is 0.190. The van der Waals surface area contributed by atoms with E-state index in [0.717, 1.165) is 22.3 Å². The van der Waals surface area contributed by atoms with Crippen LogP contribution in [0.25, 0.3) is 11.1 Å². The molecule has 0 aliphatic carbocycles. The van der Waals surface area contributed by atoms with Gasteiger partial charge in [0.15, 0.2) is 0 Å². The third-order valence-corrected chi connectivity index (χ3v) is 3.62. The summed E-state index contributed by atoms with van der Waals surface area (Å²) in [6.45, 7) is 10.7. The minimum Gasteiger partial charge on any atom is -0.457 e. The Balaban J connectivity index is 2.11. The third-order valence-electron chi connectivity index (χ3n) is 3.62. The van der Waals surface area contributed by atoms with Crippen LogP contribution < -0.4 is 0 Å². The van der Waals surface area contributed by atoms with Gasteiger partial charge < -0.3 is 9.47 Å². The maximum absolute atomic E-state index is 11.5. The van der Waals surface area contributed by atoms with Gasteiger partial charge in [0.1, 0.15) is 13.2 Å². The maximum Gasteiger partial charge on any atom is 0.333 e. The molecule has 0 aliphatic heterocycles. The molecule has 4 nitrogen and oxygen atoms in total. The van der Waals surface area contributed by atoms with Gasteiger partial charge in [-0.1, -0.05) is 49.6 Å². The number of hydrogen-bond acceptors (Lipinski definition) is 4. The van der Waals surface area contributed by atoms with E-state index in [1.54, 1.807) is 13.8 Å². The first-order valence-electron chi connectivity index (χ1n) is 8.20. The number of carbonyl (C=O) groups is 2. The van der Waals surface area contributed by atoms with Crippen molar-refractivity contribution in [3.8, 4) is 11.1 Å². The summed E-state index contributed by atoms with van der Waals surface area (Å²) in [6, 6.07) is 15.5. The molecule has 2 rings (SSSR count). The first-order valence-corrected chi connectivity index (χ1v) is 8.20. The zero-order valence-corrected chi connectivity index (χ0v) is 15.1. The van der Waals surface area contributed by atoms with E-state index in [2.05, 4.69) is 13.2 Å². The van der Waals surface area contributed by atoms with Crippen LogP contribution in [-0.4, -0.2) is 11.9 Å². The fourth-order valence-corrected chi connectivity index (χ4v) is 2.23. The van der Waals surface area contributed by atoms with Crippen LogP contribution in [0.3, 0.4) is 0 Å². The van der Waals surface area contributed by atoms with E-state index in [-0.39, 0.29) is 13.2 Å². The van der Waals surface area contributed by atoms with Crippen molar-refractivity contribution in [2.45, 2.75) is 27.1 Å². The predicted molar refractivity (Wildman–Crippen MR) is 101 cm³/mol. The van der Waals surface area contributed by atoms with Gasteiger partial charge in [0.25, 0.3) is 0 Å². The highest BCUT2D eigenvalue weighted by atomic mass is 16.5. The van der Waals surface area contributed by atoms with Gasteiger partial charge in [-0.3, -0.25) is 0 Å². The van der Waals surface area contributed by atoms with Crippen molar-refractivity contribution in [2.24, 2.45) is 0 Å². The van der Waals surface area contributed by atoms with Crippen molar-refractivity contribution >= 4 is 11.9 Å². The van der Waals surface area contributed by atoms with Crippen LogP contribution in [0.15, 0.2) is 72.8 Å². The highest BCUT2D eigenvalue weighted by Gasteiger charge is 2.07. The van der Waals surface area contributed by atoms with Gasteiger partial charge in [-0.2, -0.15) is 0 Å². The molecule has 0 unspecified atom stereocenters. The van der Waals surface area contributed by atoms with Crippen LogP contribution >= 0.6 is 0 Å². The summed E-state index contributed by atoms with van der Waals surface area (Å²) >= 11 is 0. The second kappa shape index (κ2) is 8.81. The molecule has 0 saturated heterocycles.